The molecule has 26 heavy (non-hydrogen) atoms. The number of amides is 1. The number of ether oxygens (including phenoxy) is 2. The van der Waals surface area contributed by atoms with Gasteiger partial charge in [0.25, 0.3) is 0 Å². The Morgan fingerprint density at radius 2 is 1.85 bits per heavy atom. The Labute approximate surface area is 155 Å². The fourth-order valence-electron chi connectivity index (χ4n) is 2.29. The molecule has 1 aromatic heterocycles. The van der Waals surface area contributed by atoms with Gasteiger partial charge in [0.05, 0.1) is 17.7 Å². The number of hydrogen-bond donors (Lipinski definition) is 1. The van der Waals surface area contributed by atoms with Gasteiger partial charge in [-0.3, -0.25) is 0 Å². The van der Waals surface area contributed by atoms with E-state index in [1.54, 1.807) is 6.20 Å². The van der Waals surface area contributed by atoms with Gasteiger partial charge in [-0.05, 0) is 54.5 Å². The van der Waals surface area contributed by atoms with Crippen LogP contribution in [0.4, 0.5) is 4.79 Å². The van der Waals surface area contributed by atoms with E-state index < -0.39 is 30.0 Å². The third-order valence-corrected chi connectivity index (χ3v) is 4.32. The van der Waals surface area contributed by atoms with Crippen LogP contribution in [0.25, 0.3) is 0 Å². The van der Waals surface area contributed by atoms with Crippen LogP contribution in [0, 0.1) is 0 Å². The van der Waals surface area contributed by atoms with E-state index in [0.717, 1.165) is 5.46 Å². The van der Waals surface area contributed by atoms with Crippen LogP contribution in [0.1, 0.15) is 48.5 Å². The number of carbonyl (C=O) groups excluding carboxylic acids is 1. The summed E-state index contributed by atoms with van der Waals surface area (Å²) in [4.78, 5) is 15.9. The Hall–Kier alpha value is -1.80. The minimum atomic E-state index is -0.553. The maximum atomic E-state index is 11.6. The summed E-state index contributed by atoms with van der Waals surface area (Å²) in [6.45, 7) is 14.0. The van der Waals surface area contributed by atoms with Gasteiger partial charge < -0.3 is 24.1 Å². The molecule has 1 amide bonds. The normalized spacial score (nSPS) is 18.5. The van der Waals surface area contributed by atoms with Gasteiger partial charge in [-0.2, -0.15) is 0 Å². The Morgan fingerprint density at radius 3 is 2.42 bits per heavy atom. The van der Waals surface area contributed by atoms with Crippen molar-refractivity contribution in [3.05, 3.63) is 18.3 Å². The number of carbonyl (C=O) groups is 1. The predicted octanol–water partition coefficient (Wildman–Crippen LogP) is 2.28. The van der Waals surface area contributed by atoms with Crippen LogP contribution < -0.4 is 15.5 Å². The Morgan fingerprint density at radius 1 is 1.23 bits per heavy atom. The second-order valence-electron chi connectivity index (χ2n) is 8.26. The van der Waals surface area contributed by atoms with Gasteiger partial charge in [-0.1, -0.05) is 6.07 Å². The molecule has 1 saturated heterocycles. The summed E-state index contributed by atoms with van der Waals surface area (Å²) < 4.78 is 23.0. The highest BCUT2D eigenvalue weighted by Gasteiger charge is 2.52. The van der Waals surface area contributed by atoms with E-state index >= 15 is 0 Å². The van der Waals surface area contributed by atoms with Crippen molar-refractivity contribution in [3.63, 3.8) is 0 Å². The standard InChI is InChI=1S/C18H29BN2O5/c1-16(2,3)24-15(22)21-11-12-23-14-13(9-8-10-20-14)19-25-17(4,5)18(6,7)26-19/h8-10H,11-12H2,1-7H3,(H,21,22). The van der Waals surface area contributed by atoms with Crippen LogP contribution >= 0.6 is 0 Å². The Kier molecular flexibility index (Phi) is 5.87. The molecule has 2 rings (SSSR count). The Balaban J connectivity index is 1.93. The highest BCUT2D eigenvalue weighted by atomic mass is 16.7. The van der Waals surface area contributed by atoms with Crippen LogP contribution in [0.3, 0.4) is 0 Å². The van der Waals surface area contributed by atoms with E-state index in [1.165, 1.54) is 0 Å². The first-order valence-electron chi connectivity index (χ1n) is 8.81. The van der Waals surface area contributed by atoms with Gasteiger partial charge in [0.1, 0.15) is 12.2 Å². The number of aromatic nitrogens is 1. The minimum absolute atomic E-state index is 0.253. The molecular formula is C18H29BN2O5. The molecule has 1 fully saturated rings. The zero-order valence-electron chi connectivity index (χ0n) is 16.7. The summed E-state index contributed by atoms with van der Waals surface area (Å²) in [6.07, 6.45) is 1.17. The van der Waals surface area contributed by atoms with Crippen molar-refractivity contribution >= 4 is 18.7 Å². The SMILES string of the molecule is CC(C)(C)OC(=O)NCCOc1ncccc1B1OC(C)(C)C(C)(C)O1. The van der Waals surface area contributed by atoms with E-state index in [9.17, 15) is 4.79 Å². The van der Waals surface area contributed by atoms with Gasteiger partial charge >= 0.3 is 13.2 Å². The molecule has 1 N–H and O–H groups in total. The molecule has 0 saturated carbocycles. The fourth-order valence-corrected chi connectivity index (χ4v) is 2.29. The quantitative estimate of drug-likeness (QED) is 0.638. The lowest BCUT2D eigenvalue weighted by Crippen LogP contribution is -2.41. The first kappa shape index (κ1) is 20.5. The molecule has 0 aromatic carbocycles. The van der Waals surface area contributed by atoms with Gasteiger partial charge in [-0.15, -0.1) is 0 Å². The molecule has 1 aliphatic heterocycles. The molecule has 0 spiro atoms. The van der Waals surface area contributed by atoms with Gasteiger partial charge in [0.15, 0.2) is 0 Å². The number of nitrogens with zero attached hydrogens (tertiary/aromatic N) is 1. The van der Waals surface area contributed by atoms with Gasteiger partial charge in [-0.25, -0.2) is 9.78 Å². The van der Waals surface area contributed by atoms with Crippen molar-refractivity contribution in [1.82, 2.24) is 10.3 Å². The lowest BCUT2D eigenvalue weighted by atomic mass is 9.80. The molecular weight excluding hydrogens is 335 g/mol. The lowest BCUT2D eigenvalue weighted by Gasteiger charge is -2.32. The molecule has 0 radical (unpaired) electrons. The van der Waals surface area contributed by atoms with Crippen LogP contribution in [-0.2, 0) is 14.0 Å². The second-order valence-corrected chi connectivity index (χ2v) is 8.26. The highest BCUT2D eigenvalue weighted by molar-refractivity contribution is 6.63. The van der Waals surface area contributed by atoms with Crippen LogP contribution in [-0.4, -0.2) is 48.2 Å². The second kappa shape index (κ2) is 7.44. The van der Waals surface area contributed by atoms with Crippen molar-refractivity contribution < 1.29 is 23.6 Å². The number of alkyl carbamates (subject to hydrolysis) is 1. The molecule has 0 atom stereocenters. The van der Waals surface area contributed by atoms with E-state index in [0.29, 0.717) is 12.4 Å². The van der Waals surface area contributed by atoms with Crippen molar-refractivity contribution in [2.45, 2.75) is 65.3 Å². The molecule has 1 aromatic rings. The average Bonchev–Trinajstić information content (AvgIpc) is 2.70. The summed E-state index contributed by atoms with van der Waals surface area (Å²) >= 11 is 0. The Bertz CT molecular complexity index is 627. The van der Waals surface area contributed by atoms with E-state index in [1.807, 2.05) is 60.6 Å². The molecule has 1 aliphatic rings. The molecule has 0 aliphatic carbocycles. The summed E-state index contributed by atoms with van der Waals surface area (Å²) in [5.74, 6) is 0.428. The monoisotopic (exact) mass is 364 g/mol. The zero-order valence-corrected chi connectivity index (χ0v) is 16.7. The average molecular weight is 364 g/mol. The van der Waals surface area contributed by atoms with Crippen molar-refractivity contribution in [2.75, 3.05) is 13.2 Å². The topological polar surface area (TPSA) is 78.9 Å². The summed E-state index contributed by atoms with van der Waals surface area (Å²) in [7, 11) is -0.553. The number of rotatable bonds is 5. The number of pyridine rings is 1. The fraction of sp³-hybridized carbons (Fsp3) is 0.667. The maximum absolute atomic E-state index is 11.6. The van der Waals surface area contributed by atoms with Crippen LogP contribution in [0.2, 0.25) is 0 Å². The third kappa shape index (κ3) is 5.11. The van der Waals surface area contributed by atoms with Crippen LogP contribution in [0.15, 0.2) is 18.3 Å². The maximum Gasteiger partial charge on any atom is 0.500 e. The molecule has 2 heterocycles. The lowest BCUT2D eigenvalue weighted by molar-refractivity contribution is 0.00578. The first-order chi connectivity index (χ1) is 11.9. The van der Waals surface area contributed by atoms with Gasteiger partial charge in [0, 0.05) is 11.7 Å². The van der Waals surface area contributed by atoms with Crippen LogP contribution in [0.5, 0.6) is 5.88 Å². The molecule has 7 nitrogen and oxygen atoms in total. The smallest absolute Gasteiger partial charge is 0.476 e. The minimum Gasteiger partial charge on any atom is -0.476 e. The van der Waals surface area contributed by atoms with E-state index in [-0.39, 0.29) is 6.61 Å². The van der Waals surface area contributed by atoms with Crippen molar-refractivity contribution in [2.24, 2.45) is 0 Å². The van der Waals surface area contributed by atoms with Crippen molar-refractivity contribution in [1.29, 1.82) is 0 Å². The highest BCUT2D eigenvalue weighted by Crippen LogP contribution is 2.36. The summed E-state index contributed by atoms with van der Waals surface area (Å²) in [5.41, 5.74) is -0.689. The van der Waals surface area contributed by atoms with Crippen molar-refractivity contribution in [3.8, 4) is 5.88 Å². The molecule has 8 heteroatoms. The zero-order chi connectivity index (χ0) is 19.6. The third-order valence-electron chi connectivity index (χ3n) is 4.32. The van der Waals surface area contributed by atoms with E-state index in [4.69, 9.17) is 18.8 Å². The predicted molar refractivity (Wildman–Crippen MR) is 99.7 cm³/mol. The number of hydrogen-bond acceptors (Lipinski definition) is 6. The summed E-state index contributed by atoms with van der Waals surface area (Å²) in [6, 6.07) is 3.68. The van der Waals surface area contributed by atoms with Gasteiger partial charge in [0.2, 0.25) is 5.88 Å². The largest absolute Gasteiger partial charge is 0.500 e. The molecule has 0 unspecified atom stereocenters. The number of nitrogens with one attached hydrogen (secondary N) is 1. The first-order valence-corrected chi connectivity index (χ1v) is 8.81. The summed E-state index contributed by atoms with van der Waals surface area (Å²) in [5, 5.41) is 2.65. The molecule has 144 valence electrons. The molecule has 0 bridgehead atoms. The van der Waals surface area contributed by atoms with E-state index in [2.05, 4.69) is 10.3 Å².